The van der Waals surface area contributed by atoms with E-state index in [2.05, 4.69) is 19.7 Å². The lowest BCUT2D eigenvalue weighted by Crippen LogP contribution is -2.29. The van der Waals surface area contributed by atoms with Crippen LogP contribution in [0.5, 0.6) is 6.01 Å². The Labute approximate surface area is 149 Å². The van der Waals surface area contributed by atoms with Crippen molar-refractivity contribution < 1.29 is 26.3 Å². The zero-order chi connectivity index (χ0) is 19.5. The first kappa shape index (κ1) is 20.2. The Hall–Kier alpha value is -2.14. The molecule has 0 saturated heterocycles. The van der Waals surface area contributed by atoms with E-state index < -0.39 is 28.8 Å². The van der Waals surface area contributed by atoms with Crippen LogP contribution < -0.4 is 9.46 Å². The predicted octanol–water partition coefficient (Wildman–Crippen LogP) is 2.59. The second-order valence-electron chi connectivity index (χ2n) is 5.65. The third kappa shape index (κ3) is 4.94. The number of aryl methyl sites for hydroxylation is 1. The van der Waals surface area contributed by atoms with E-state index in [4.69, 9.17) is 0 Å². The van der Waals surface area contributed by atoms with Crippen LogP contribution in [-0.4, -0.2) is 36.0 Å². The van der Waals surface area contributed by atoms with Gasteiger partial charge in [0.05, 0.1) is 10.9 Å². The van der Waals surface area contributed by atoms with Gasteiger partial charge in [-0.25, -0.2) is 13.1 Å². The number of sulfonamides is 1. The molecule has 1 heterocycles. The van der Waals surface area contributed by atoms with Gasteiger partial charge in [-0.1, -0.05) is 17.2 Å². The quantitative estimate of drug-likeness (QED) is 0.783. The lowest BCUT2D eigenvalue weighted by molar-refractivity contribution is -0.155. The van der Waals surface area contributed by atoms with E-state index in [9.17, 15) is 21.6 Å². The Bertz CT molecular complexity index is 865. The molecule has 0 aliphatic carbocycles. The molecule has 0 aliphatic heterocycles. The fraction of sp³-hybridized carbons (Fsp3) is 0.467. The van der Waals surface area contributed by atoms with Crippen LogP contribution in [0.15, 0.2) is 29.2 Å². The molecule has 7 nitrogen and oxygen atoms in total. The Balaban J connectivity index is 2.21. The number of alkyl halides is 3. The van der Waals surface area contributed by atoms with Crippen LogP contribution in [0.1, 0.15) is 31.3 Å². The van der Waals surface area contributed by atoms with Crippen molar-refractivity contribution in [3.05, 3.63) is 35.7 Å². The first-order valence-electron chi connectivity index (χ1n) is 7.75. The molecule has 0 spiro atoms. The fourth-order valence-electron chi connectivity index (χ4n) is 2.31. The molecule has 26 heavy (non-hydrogen) atoms. The molecule has 0 fully saturated rings. The number of benzene rings is 1. The molecule has 1 N–H and O–H groups in total. The summed E-state index contributed by atoms with van der Waals surface area (Å²) in [7, 11) is -3.83. The number of ether oxygens (including phenoxy) is 1. The maximum absolute atomic E-state index is 12.5. The molecule has 1 atom stereocenters. The van der Waals surface area contributed by atoms with Crippen molar-refractivity contribution in [1.29, 1.82) is 0 Å². The van der Waals surface area contributed by atoms with E-state index in [1.54, 1.807) is 26.0 Å². The second kappa shape index (κ2) is 7.62. The topological polar surface area (TPSA) is 86.1 Å². The van der Waals surface area contributed by atoms with Crippen molar-refractivity contribution in [1.82, 2.24) is 19.5 Å². The number of hydrogen-bond acceptors (Lipinski definition) is 5. The summed E-state index contributed by atoms with van der Waals surface area (Å²) in [5.74, 6) is 0.154. The fourth-order valence-corrected chi connectivity index (χ4v) is 3.61. The second-order valence-corrected chi connectivity index (χ2v) is 7.36. The summed E-state index contributed by atoms with van der Waals surface area (Å²) in [6.07, 6.45) is -4.51. The molecule has 1 aromatic carbocycles. The molecule has 0 aliphatic rings. The Kier molecular flexibility index (Phi) is 5.91. The molecule has 0 radical (unpaired) electrons. The number of halogens is 3. The molecule has 0 bridgehead atoms. The number of rotatable bonds is 7. The van der Waals surface area contributed by atoms with Crippen molar-refractivity contribution in [2.75, 3.05) is 6.61 Å². The minimum absolute atomic E-state index is 0.0838. The van der Waals surface area contributed by atoms with Crippen LogP contribution in [0.3, 0.4) is 0 Å². The van der Waals surface area contributed by atoms with Crippen molar-refractivity contribution in [3.63, 3.8) is 0 Å². The average Bonchev–Trinajstić information content (AvgIpc) is 2.95. The first-order chi connectivity index (χ1) is 12.0. The van der Waals surface area contributed by atoms with Gasteiger partial charge >= 0.3 is 12.2 Å². The number of nitrogens with one attached hydrogen (secondary N) is 1. The molecule has 0 saturated carbocycles. The monoisotopic (exact) mass is 392 g/mol. The Morgan fingerprint density at radius 1 is 1.31 bits per heavy atom. The largest absolute Gasteiger partial charge is 0.454 e. The van der Waals surface area contributed by atoms with Gasteiger partial charge < -0.3 is 4.74 Å². The smallest absolute Gasteiger partial charge is 0.422 e. The third-order valence-electron chi connectivity index (χ3n) is 3.45. The summed E-state index contributed by atoms with van der Waals surface area (Å²) in [5.41, 5.74) is 0.778. The van der Waals surface area contributed by atoms with E-state index >= 15 is 0 Å². The minimum Gasteiger partial charge on any atom is -0.454 e. The van der Waals surface area contributed by atoms with Crippen LogP contribution in [0.2, 0.25) is 0 Å². The zero-order valence-electron chi connectivity index (χ0n) is 14.4. The van der Waals surface area contributed by atoms with Gasteiger partial charge in [0.2, 0.25) is 10.0 Å². The summed E-state index contributed by atoms with van der Waals surface area (Å²) in [4.78, 5) is 0.0838. The van der Waals surface area contributed by atoms with Crippen molar-refractivity contribution in [2.24, 2.45) is 0 Å². The molecular weight excluding hydrogens is 373 g/mol. The highest BCUT2D eigenvalue weighted by molar-refractivity contribution is 7.89. The molecule has 2 aromatic rings. The molecule has 0 unspecified atom stereocenters. The van der Waals surface area contributed by atoms with Gasteiger partial charge in [-0.3, -0.25) is 4.57 Å². The normalized spacial score (nSPS) is 13.6. The SMILES string of the molecule is CCn1c(OCC(F)(F)F)nnc1[C@@H](C)NS(=O)(=O)c1cccc(C)c1. The summed E-state index contributed by atoms with van der Waals surface area (Å²) < 4.78 is 70.3. The van der Waals surface area contributed by atoms with Gasteiger partial charge in [-0.15, -0.1) is 5.10 Å². The van der Waals surface area contributed by atoms with Gasteiger partial charge in [0.1, 0.15) is 0 Å². The third-order valence-corrected chi connectivity index (χ3v) is 4.98. The Morgan fingerprint density at radius 2 is 2.00 bits per heavy atom. The molecule has 1 aromatic heterocycles. The van der Waals surface area contributed by atoms with Gasteiger partial charge in [0, 0.05) is 6.54 Å². The highest BCUT2D eigenvalue weighted by atomic mass is 32.2. The summed E-state index contributed by atoms with van der Waals surface area (Å²) >= 11 is 0. The van der Waals surface area contributed by atoms with Gasteiger partial charge in [0.15, 0.2) is 12.4 Å². The standard InChI is InChI=1S/C15H19F3N4O3S/c1-4-22-13(19-20-14(22)25-9-15(16,17)18)11(3)21-26(23,24)12-7-5-6-10(2)8-12/h5-8,11,21H,4,9H2,1-3H3/t11-/m1/s1. The van der Waals surface area contributed by atoms with Crippen LogP contribution in [0.25, 0.3) is 0 Å². The summed E-state index contributed by atoms with van der Waals surface area (Å²) in [6, 6.07) is 5.20. The lowest BCUT2D eigenvalue weighted by atomic mass is 10.2. The molecule has 144 valence electrons. The maximum atomic E-state index is 12.5. The number of aromatic nitrogens is 3. The van der Waals surface area contributed by atoms with Crippen molar-refractivity contribution >= 4 is 10.0 Å². The van der Waals surface area contributed by atoms with Gasteiger partial charge in [-0.05, 0) is 38.5 Å². The zero-order valence-corrected chi connectivity index (χ0v) is 15.2. The van der Waals surface area contributed by atoms with Crippen LogP contribution in [-0.2, 0) is 16.6 Å². The number of hydrogen-bond donors (Lipinski definition) is 1. The number of nitrogens with zero attached hydrogens (tertiary/aromatic N) is 3. The summed E-state index contributed by atoms with van der Waals surface area (Å²) in [5, 5.41) is 7.36. The first-order valence-corrected chi connectivity index (χ1v) is 9.23. The highest BCUT2D eigenvalue weighted by Gasteiger charge is 2.30. The summed E-state index contributed by atoms with van der Waals surface area (Å²) in [6.45, 7) is 3.66. The average molecular weight is 392 g/mol. The van der Waals surface area contributed by atoms with E-state index in [1.807, 2.05) is 0 Å². The molecule has 2 rings (SSSR count). The lowest BCUT2D eigenvalue weighted by Gasteiger charge is -2.16. The van der Waals surface area contributed by atoms with Crippen LogP contribution in [0, 0.1) is 6.92 Å². The highest BCUT2D eigenvalue weighted by Crippen LogP contribution is 2.22. The Morgan fingerprint density at radius 3 is 2.58 bits per heavy atom. The molecular formula is C15H19F3N4O3S. The molecule has 0 amide bonds. The van der Waals surface area contributed by atoms with Crippen LogP contribution >= 0.6 is 0 Å². The van der Waals surface area contributed by atoms with E-state index in [1.165, 1.54) is 23.6 Å². The van der Waals surface area contributed by atoms with Crippen molar-refractivity contribution in [2.45, 2.75) is 44.4 Å². The van der Waals surface area contributed by atoms with E-state index in [0.717, 1.165) is 5.56 Å². The van der Waals surface area contributed by atoms with Gasteiger partial charge in [0.25, 0.3) is 0 Å². The minimum atomic E-state index is -4.51. The van der Waals surface area contributed by atoms with E-state index in [-0.39, 0.29) is 23.3 Å². The maximum Gasteiger partial charge on any atom is 0.422 e. The predicted molar refractivity (Wildman–Crippen MR) is 87.2 cm³/mol. The van der Waals surface area contributed by atoms with Crippen LogP contribution in [0.4, 0.5) is 13.2 Å². The van der Waals surface area contributed by atoms with Crippen molar-refractivity contribution in [3.8, 4) is 6.01 Å². The molecule has 11 heteroatoms. The van der Waals surface area contributed by atoms with E-state index in [0.29, 0.717) is 0 Å². The van der Waals surface area contributed by atoms with Gasteiger partial charge in [-0.2, -0.15) is 13.2 Å².